The Morgan fingerprint density at radius 3 is 2.36 bits per heavy atom. The van der Waals surface area contributed by atoms with Crippen LogP contribution in [-0.4, -0.2) is 12.1 Å². The lowest BCUT2D eigenvalue weighted by Crippen LogP contribution is -2.12. The minimum Gasteiger partial charge on any atom is -0.481 e. The van der Waals surface area contributed by atoms with E-state index in [2.05, 4.69) is 9.72 Å². The van der Waals surface area contributed by atoms with E-state index in [9.17, 15) is 13.2 Å². The zero-order valence-electron chi connectivity index (χ0n) is 7.13. The molecule has 0 radical (unpaired) electrons. The normalized spacial score (nSPS) is 10.6. The second kappa shape index (κ2) is 4.36. The lowest BCUT2D eigenvalue weighted by molar-refractivity contribution is -0.140. The van der Waals surface area contributed by atoms with Crippen LogP contribution in [0.5, 0.6) is 5.88 Å². The molecule has 0 aliphatic rings. The lowest BCUT2D eigenvalue weighted by atomic mass is 10.3. The van der Waals surface area contributed by atoms with Gasteiger partial charge in [0.05, 0.1) is 12.8 Å². The molecule has 1 rings (SSSR count). The molecule has 1 heterocycles. The number of methoxy groups -OCH3 is 1. The van der Waals surface area contributed by atoms with Crippen molar-refractivity contribution in [3.8, 4) is 5.88 Å². The predicted octanol–water partition coefficient (Wildman–Crippen LogP) is 2.11. The number of aromatic nitrogens is 1. The maximum atomic E-state index is 12.2. The van der Waals surface area contributed by atoms with Gasteiger partial charge in [-0.25, -0.2) is 4.98 Å². The van der Waals surface area contributed by atoms with Gasteiger partial charge < -0.3 is 10.5 Å². The van der Waals surface area contributed by atoms with Crippen LogP contribution < -0.4 is 10.5 Å². The number of alkyl halides is 3. The zero-order valence-corrected chi connectivity index (χ0v) is 7.95. The predicted molar refractivity (Wildman–Crippen MR) is 47.5 cm³/mol. The number of anilines is 1. The van der Waals surface area contributed by atoms with Gasteiger partial charge in [0, 0.05) is 6.07 Å². The maximum Gasteiger partial charge on any atom is 0.435 e. The molecule has 2 N–H and O–H groups in total. The highest BCUT2D eigenvalue weighted by molar-refractivity contribution is 5.85. The number of halogens is 4. The first-order valence-corrected chi connectivity index (χ1v) is 3.33. The molecule has 0 unspecified atom stereocenters. The largest absolute Gasteiger partial charge is 0.481 e. The third kappa shape index (κ3) is 2.66. The summed E-state index contributed by atoms with van der Waals surface area (Å²) >= 11 is 0. The van der Waals surface area contributed by atoms with Gasteiger partial charge in [-0.3, -0.25) is 0 Å². The molecule has 0 fully saturated rings. The lowest BCUT2D eigenvalue weighted by Gasteiger charge is -2.09. The van der Waals surface area contributed by atoms with Crippen molar-refractivity contribution in [3.05, 3.63) is 17.8 Å². The molecule has 0 saturated heterocycles. The Kier molecular flexibility index (Phi) is 4.00. The molecule has 0 bridgehead atoms. The average Bonchev–Trinajstić information content (AvgIpc) is 2.03. The number of hydrogen-bond donors (Lipinski definition) is 1. The van der Waals surface area contributed by atoms with Crippen LogP contribution in [0.2, 0.25) is 0 Å². The molecule has 1 aromatic rings. The van der Waals surface area contributed by atoms with Gasteiger partial charge in [0.15, 0.2) is 5.69 Å². The number of nitrogen functional groups attached to an aromatic ring is 1. The van der Waals surface area contributed by atoms with Crippen LogP contribution in [0.1, 0.15) is 5.69 Å². The first-order chi connectivity index (χ1) is 5.95. The summed E-state index contributed by atoms with van der Waals surface area (Å²) in [7, 11) is 1.23. The van der Waals surface area contributed by atoms with E-state index in [-0.39, 0.29) is 18.3 Å². The highest BCUT2D eigenvalue weighted by Crippen LogP contribution is 2.32. The van der Waals surface area contributed by atoms with Crippen molar-refractivity contribution in [2.45, 2.75) is 6.18 Å². The Bertz CT molecular complexity index is 316. The van der Waals surface area contributed by atoms with Crippen LogP contribution in [0.3, 0.4) is 0 Å². The average molecular weight is 229 g/mol. The molecule has 14 heavy (non-hydrogen) atoms. The van der Waals surface area contributed by atoms with E-state index in [1.807, 2.05) is 0 Å². The van der Waals surface area contributed by atoms with E-state index in [1.54, 1.807) is 0 Å². The fourth-order valence-corrected chi connectivity index (χ4v) is 0.793. The van der Waals surface area contributed by atoms with Crippen molar-refractivity contribution < 1.29 is 17.9 Å². The van der Waals surface area contributed by atoms with Crippen LogP contribution in [0.25, 0.3) is 0 Å². The fourth-order valence-electron chi connectivity index (χ4n) is 0.793. The second-order valence-electron chi connectivity index (χ2n) is 2.29. The summed E-state index contributed by atoms with van der Waals surface area (Å²) in [6.07, 6.45) is -4.54. The standard InChI is InChI=1S/C7H7F3N2O.ClH/c1-13-5-3-2-4(11)6(12-5)7(8,9)10;/h2-3H,11H2,1H3;1H. The second-order valence-corrected chi connectivity index (χ2v) is 2.29. The van der Waals surface area contributed by atoms with Gasteiger partial charge in [-0.15, -0.1) is 12.4 Å². The summed E-state index contributed by atoms with van der Waals surface area (Å²) < 4.78 is 41.0. The van der Waals surface area contributed by atoms with Gasteiger partial charge in [-0.05, 0) is 6.07 Å². The van der Waals surface area contributed by atoms with Gasteiger partial charge in [0.1, 0.15) is 0 Å². The number of ether oxygens (including phenoxy) is 1. The molecular formula is C7H8ClF3N2O. The van der Waals surface area contributed by atoms with Crippen molar-refractivity contribution in [3.63, 3.8) is 0 Å². The van der Waals surface area contributed by atoms with Gasteiger partial charge in [0.2, 0.25) is 5.88 Å². The summed E-state index contributed by atoms with van der Waals surface area (Å²) in [5.41, 5.74) is 3.56. The van der Waals surface area contributed by atoms with Crippen LogP contribution in [0.15, 0.2) is 12.1 Å². The van der Waals surface area contributed by atoms with Gasteiger partial charge in [-0.1, -0.05) is 0 Å². The highest BCUT2D eigenvalue weighted by Gasteiger charge is 2.35. The summed E-state index contributed by atoms with van der Waals surface area (Å²) in [5, 5.41) is 0. The van der Waals surface area contributed by atoms with E-state index >= 15 is 0 Å². The van der Waals surface area contributed by atoms with Crippen molar-refractivity contribution in [2.75, 3.05) is 12.8 Å². The minimum absolute atomic E-state index is 0. The first-order valence-electron chi connectivity index (χ1n) is 3.33. The first kappa shape index (κ1) is 12.8. The molecule has 0 atom stereocenters. The molecule has 0 aliphatic heterocycles. The molecule has 0 amide bonds. The van der Waals surface area contributed by atoms with Crippen molar-refractivity contribution in [1.29, 1.82) is 0 Å². The Balaban J connectivity index is 0.00000169. The van der Waals surface area contributed by atoms with Crippen LogP contribution in [0, 0.1) is 0 Å². The molecule has 1 aromatic heterocycles. The fraction of sp³-hybridized carbons (Fsp3) is 0.286. The Morgan fingerprint density at radius 1 is 1.36 bits per heavy atom. The summed E-state index contributed by atoms with van der Waals surface area (Å²) in [6, 6.07) is 2.37. The summed E-state index contributed by atoms with van der Waals surface area (Å²) in [6.45, 7) is 0. The van der Waals surface area contributed by atoms with E-state index in [1.165, 1.54) is 13.2 Å². The van der Waals surface area contributed by atoms with Crippen molar-refractivity contribution >= 4 is 18.1 Å². The van der Waals surface area contributed by atoms with Gasteiger partial charge in [0.25, 0.3) is 0 Å². The van der Waals surface area contributed by atoms with Gasteiger partial charge >= 0.3 is 6.18 Å². The molecule has 0 saturated carbocycles. The minimum atomic E-state index is -4.54. The molecular weight excluding hydrogens is 221 g/mol. The number of nitrogens with two attached hydrogens (primary N) is 1. The Morgan fingerprint density at radius 2 is 1.93 bits per heavy atom. The maximum absolute atomic E-state index is 12.2. The number of hydrogen-bond acceptors (Lipinski definition) is 3. The van der Waals surface area contributed by atoms with E-state index in [0.717, 1.165) is 6.07 Å². The highest BCUT2D eigenvalue weighted by atomic mass is 35.5. The number of nitrogens with zero attached hydrogens (tertiary/aromatic N) is 1. The molecule has 0 spiro atoms. The molecule has 80 valence electrons. The van der Waals surface area contributed by atoms with E-state index < -0.39 is 17.6 Å². The number of rotatable bonds is 1. The molecule has 0 aromatic carbocycles. The quantitative estimate of drug-likeness (QED) is 0.801. The Hall–Kier alpha value is -1.17. The molecule has 3 nitrogen and oxygen atoms in total. The van der Waals surface area contributed by atoms with Crippen LogP contribution in [-0.2, 0) is 6.18 Å². The van der Waals surface area contributed by atoms with Crippen LogP contribution in [0.4, 0.5) is 18.9 Å². The third-order valence-electron chi connectivity index (χ3n) is 1.38. The summed E-state index contributed by atoms with van der Waals surface area (Å²) in [4.78, 5) is 3.19. The number of pyridine rings is 1. The third-order valence-corrected chi connectivity index (χ3v) is 1.38. The molecule has 7 heteroatoms. The van der Waals surface area contributed by atoms with E-state index in [4.69, 9.17) is 5.73 Å². The topological polar surface area (TPSA) is 48.1 Å². The SMILES string of the molecule is COc1ccc(N)c(C(F)(F)F)n1.Cl. The van der Waals surface area contributed by atoms with Gasteiger partial charge in [-0.2, -0.15) is 13.2 Å². The van der Waals surface area contributed by atoms with E-state index in [0.29, 0.717) is 0 Å². The monoisotopic (exact) mass is 228 g/mol. The van der Waals surface area contributed by atoms with Crippen molar-refractivity contribution in [1.82, 2.24) is 4.98 Å². The smallest absolute Gasteiger partial charge is 0.435 e. The summed E-state index contributed by atoms with van der Waals surface area (Å²) in [5.74, 6) is -0.110. The zero-order chi connectivity index (χ0) is 10.1. The molecule has 0 aliphatic carbocycles. The van der Waals surface area contributed by atoms with Crippen molar-refractivity contribution in [2.24, 2.45) is 0 Å². The Labute approximate surface area is 84.5 Å². The van der Waals surface area contributed by atoms with Crippen LogP contribution >= 0.6 is 12.4 Å².